The number of nitrogens with one attached hydrogen (secondary N) is 1. The molecule has 0 radical (unpaired) electrons. The van der Waals surface area contributed by atoms with E-state index < -0.39 is 0 Å². The van der Waals surface area contributed by atoms with E-state index in [1.807, 2.05) is 30.9 Å². The van der Waals surface area contributed by atoms with E-state index >= 15 is 0 Å². The highest BCUT2D eigenvalue weighted by molar-refractivity contribution is 6.06. The predicted molar refractivity (Wildman–Crippen MR) is 62.0 cm³/mol. The Bertz CT molecular complexity index is 403. The Labute approximate surface area is 89.1 Å². The van der Waals surface area contributed by atoms with Crippen LogP contribution < -0.4 is 16.0 Å². The van der Waals surface area contributed by atoms with Gasteiger partial charge in [-0.25, -0.2) is 0 Å². The van der Waals surface area contributed by atoms with E-state index in [2.05, 4.69) is 5.32 Å². The van der Waals surface area contributed by atoms with E-state index in [0.29, 0.717) is 5.69 Å². The Balaban J connectivity index is 2.54. The van der Waals surface area contributed by atoms with Crippen molar-refractivity contribution >= 4 is 23.0 Å². The van der Waals surface area contributed by atoms with Crippen LogP contribution in [-0.4, -0.2) is 18.5 Å². The topological polar surface area (TPSA) is 58.4 Å². The zero-order chi connectivity index (χ0) is 11.0. The van der Waals surface area contributed by atoms with Gasteiger partial charge in [0.1, 0.15) is 6.04 Å². The second-order valence-corrected chi connectivity index (χ2v) is 3.69. The second-order valence-electron chi connectivity index (χ2n) is 3.69. The molecule has 1 heterocycles. The van der Waals surface area contributed by atoms with E-state index in [4.69, 9.17) is 5.73 Å². The number of fused-ring (bicyclic) bond motifs is 1. The van der Waals surface area contributed by atoms with Gasteiger partial charge in [-0.1, -0.05) is 6.07 Å². The van der Waals surface area contributed by atoms with E-state index in [1.54, 1.807) is 6.07 Å². The van der Waals surface area contributed by atoms with Gasteiger partial charge in [0.05, 0.1) is 17.1 Å². The van der Waals surface area contributed by atoms with Crippen LogP contribution >= 0.6 is 0 Å². The van der Waals surface area contributed by atoms with Gasteiger partial charge >= 0.3 is 0 Å². The van der Waals surface area contributed by atoms with Gasteiger partial charge in [0.25, 0.3) is 0 Å². The summed E-state index contributed by atoms with van der Waals surface area (Å²) in [7, 11) is 0. The summed E-state index contributed by atoms with van der Waals surface area (Å²) in [6.07, 6.45) is 0. The van der Waals surface area contributed by atoms with Crippen molar-refractivity contribution in [3.8, 4) is 0 Å². The molecule has 0 fully saturated rings. The first-order chi connectivity index (χ1) is 7.15. The number of nitrogens with zero attached hydrogens (tertiary/aromatic N) is 1. The van der Waals surface area contributed by atoms with Crippen LogP contribution in [0.4, 0.5) is 17.1 Å². The Hall–Kier alpha value is -1.71. The molecular formula is C11H15N3O. The molecule has 1 unspecified atom stereocenters. The molecule has 4 heteroatoms. The lowest BCUT2D eigenvalue weighted by Crippen LogP contribution is -2.46. The number of hydrogen-bond acceptors (Lipinski definition) is 3. The summed E-state index contributed by atoms with van der Waals surface area (Å²) < 4.78 is 0. The Morgan fingerprint density at radius 1 is 1.53 bits per heavy atom. The smallest absolute Gasteiger partial charge is 0.246 e. The molecule has 1 amide bonds. The lowest BCUT2D eigenvalue weighted by atomic mass is 10.1. The second kappa shape index (κ2) is 3.46. The van der Waals surface area contributed by atoms with Crippen LogP contribution in [0, 0.1) is 0 Å². The molecule has 2 rings (SSSR count). The number of anilines is 3. The molecule has 15 heavy (non-hydrogen) atoms. The zero-order valence-corrected chi connectivity index (χ0v) is 8.95. The number of benzene rings is 1. The van der Waals surface area contributed by atoms with E-state index in [-0.39, 0.29) is 11.9 Å². The van der Waals surface area contributed by atoms with Crippen molar-refractivity contribution in [1.29, 1.82) is 0 Å². The maximum absolute atomic E-state index is 11.7. The van der Waals surface area contributed by atoms with Crippen LogP contribution in [0.3, 0.4) is 0 Å². The molecule has 3 N–H and O–H groups in total. The van der Waals surface area contributed by atoms with Gasteiger partial charge in [-0.15, -0.1) is 0 Å². The van der Waals surface area contributed by atoms with Crippen LogP contribution in [0.2, 0.25) is 0 Å². The number of hydrogen-bond donors (Lipinski definition) is 2. The van der Waals surface area contributed by atoms with Crippen LogP contribution in [-0.2, 0) is 4.79 Å². The van der Waals surface area contributed by atoms with Gasteiger partial charge in [-0.3, -0.25) is 4.79 Å². The number of carbonyl (C=O) groups is 1. The molecule has 0 saturated carbocycles. The predicted octanol–water partition coefficient (Wildman–Crippen LogP) is 1.44. The molecule has 0 bridgehead atoms. The van der Waals surface area contributed by atoms with Crippen LogP contribution in [0.25, 0.3) is 0 Å². The molecule has 0 spiro atoms. The fourth-order valence-corrected chi connectivity index (χ4v) is 1.96. The SMILES string of the molecule is CCN1c2cccc(N)c2NC(=O)C1C. The Kier molecular flexibility index (Phi) is 2.26. The third kappa shape index (κ3) is 1.42. The Morgan fingerprint density at radius 3 is 2.93 bits per heavy atom. The standard InChI is InChI=1S/C11H15N3O/c1-3-14-7(2)11(15)13-10-8(12)5-4-6-9(10)14/h4-7H,3,12H2,1-2H3,(H,13,15). The minimum absolute atomic E-state index is 0.00208. The molecule has 0 aromatic heterocycles. The fraction of sp³-hybridized carbons (Fsp3) is 0.364. The molecule has 1 aromatic carbocycles. The summed E-state index contributed by atoms with van der Waals surface area (Å²) in [6.45, 7) is 4.72. The fourth-order valence-electron chi connectivity index (χ4n) is 1.96. The summed E-state index contributed by atoms with van der Waals surface area (Å²) >= 11 is 0. The van der Waals surface area contributed by atoms with Crippen molar-refractivity contribution in [2.45, 2.75) is 19.9 Å². The van der Waals surface area contributed by atoms with Crippen LogP contribution in [0.5, 0.6) is 0 Å². The van der Waals surface area contributed by atoms with Crippen molar-refractivity contribution in [1.82, 2.24) is 0 Å². The molecule has 1 atom stereocenters. The molecule has 1 aliphatic heterocycles. The van der Waals surface area contributed by atoms with Gasteiger partial charge in [0.15, 0.2) is 0 Å². The van der Waals surface area contributed by atoms with Crippen LogP contribution in [0.1, 0.15) is 13.8 Å². The summed E-state index contributed by atoms with van der Waals surface area (Å²) in [5, 5.41) is 2.84. The highest BCUT2D eigenvalue weighted by Gasteiger charge is 2.29. The molecule has 0 aliphatic carbocycles. The maximum atomic E-state index is 11.7. The normalized spacial score (nSPS) is 19.7. The first-order valence-corrected chi connectivity index (χ1v) is 5.11. The maximum Gasteiger partial charge on any atom is 0.246 e. The highest BCUT2D eigenvalue weighted by atomic mass is 16.2. The first kappa shape index (κ1) is 9.83. The third-order valence-corrected chi connectivity index (χ3v) is 2.82. The lowest BCUT2D eigenvalue weighted by molar-refractivity contribution is -0.117. The van der Waals surface area contributed by atoms with Gasteiger partial charge in [-0.2, -0.15) is 0 Å². The quantitative estimate of drug-likeness (QED) is 0.682. The van der Waals surface area contributed by atoms with Crippen molar-refractivity contribution in [3.05, 3.63) is 18.2 Å². The molecule has 1 aliphatic rings. The molecular weight excluding hydrogens is 190 g/mol. The van der Waals surface area contributed by atoms with Gasteiger partial charge in [-0.05, 0) is 26.0 Å². The number of nitrogen functional groups attached to an aromatic ring is 1. The number of amides is 1. The van der Waals surface area contributed by atoms with Crippen molar-refractivity contribution in [3.63, 3.8) is 0 Å². The average Bonchev–Trinajstić information content (AvgIpc) is 2.22. The molecule has 4 nitrogen and oxygen atoms in total. The van der Waals surface area contributed by atoms with E-state index in [1.165, 1.54) is 0 Å². The van der Waals surface area contributed by atoms with E-state index in [0.717, 1.165) is 17.9 Å². The Morgan fingerprint density at radius 2 is 2.27 bits per heavy atom. The summed E-state index contributed by atoms with van der Waals surface area (Å²) in [5.74, 6) is 0.00208. The third-order valence-electron chi connectivity index (χ3n) is 2.82. The number of nitrogens with two attached hydrogens (primary N) is 1. The van der Waals surface area contributed by atoms with Crippen LogP contribution in [0.15, 0.2) is 18.2 Å². The number of likely N-dealkylation sites (N-methyl/N-ethyl adjacent to an activating group) is 1. The summed E-state index contributed by atoms with van der Waals surface area (Å²) in [4.78, 5) is 13.7. The minimum atomic E-state index is -0.135. The highest BCUT2D eigenvalue weighted by Crippen LogP contribution is 2.35. The van der Waals surface area contributed by atoms with Crippen molar-refractivity contribution in [2.24, 2.45) is 0 Å². The summed E-state index contributed by atoms with van der Waals surface area (Å²) in [5.41, 5.74) is 8.18. The summed E-state index contributed by atoms with van der Waals surface area (Å²) in [6, 6.07) is 5.54. The number of carbonyl (C=O) groups excluding carboxylic acids is 1. The lowest BCUT2D eigenvalue weighted by Gasteiger charge is -2.35. The largest absolute Gasteiger partial charge is 0.397 e. The van der Waals surface area contributed by atoms with Gasteiger partial charge in [0.2, 0.25) is 5.91 Å². The minimum Gasteiger partial charge on any atom is -0.397 e. The number of para-hydroxylation sites is 1. The van der Waals surface area contributed by atoms with E-state index in [9.17, 15) is 4.79 Å². The molecule has 0 saturated heterocycles. The molecule has 1 aromatic rings. The van der Waals surface area contributed by atoms with Gasteiger partial charge < -0.3 is 16.0 Å². The van der Waals surface area contributed by atoms with Crippen molar-refractivity contribution < 1.29 is 4.79 Å². The van der Waals surface area contributed by atoms with Gasteiger partial charge in [0, 0.05) is 6.54 Å². The number of rotatable bonds is 1. The average molecular weight is 205 g/mol. The zero-order valence-electron chi connectivity index (χ0n) is 8.95. The molecule has 80 valence electrons. The first-order valence-electron chi connectivity index (χ1n) is 5.11. The van der Waals surface area contributed by atoms with Crippen molar-refractivity contribution in [2.75, 3.05) is 22.5 Å². The monoisotopic (exact) mass is 205 g/mol.